The molecule has 1 aromatic rings. The number of nitrogens with zero attached hydrogens (tertiary/aromatic N) is 2. The molecule has 0 bridgehead atoms. The van der Waals surface area contributed by atoms with Crippen LogP contribution in [-0.2, 0) is 0 Å². The number of carbonyl (C=O) groups excluding carboxylic acids is 1. The van der Waals surface area contributed by atoms with Crippen molar-refractivity contribution in [2.24, 2.45) is 0 Å². The summed E-state index contributed by atoms with van der Waals surface area (Å²) in [7, 11) is 6.32. The van der Waals surface area contributed by atoms with Crippen LogP contribution in [0.4, 0.5) is 0 Å². The maximum Gasteiger partial charge on any atom is 0.179 e. The molecule has 0 amide bonds. The van der Waals surface area contributed by atoms with Gasteiger partial charge in [-0.15, -0.1) is 0 Å². The molecule has 0 N–H and O–H groups in total. The van der Waals surface area contributed by atoms with Crippen molar-refractivity contribution in [3.63, 3.8) is 0 Å². The van der Waals surface area contributed by atoms with Gasteiger partial charge in [-0.2, -0.15) is 0 Å². The highest BCUT2D eigenvalue weighted by molar-refractivity contribution is 6.30. The van der Waals surface area contributed by atoms with Gasteiger partial charge in [0.15, 0.2) is 5.78 Å². The molecule has 1 atom stereocenters. The lowest BCUT2D eigenvalue weighted by Crippen LogP contribution is -2.58. The fourth-order valence-electron chi connectivity index (χ4n) is 2.99. The number of Topliss-reactive ketones (excluding diaryl/α,β-unsaturated/α-hetero) is 1. The second-order valence-corrected chi connectivity index (χ2v) is 6.87. The molecule has 3 nitrogen and oxygen atoms in total. The highest BCUT2D eigenvalue weighted by Gasteiger charge is 2.41. The van der Waals surface area contributed by atoms with E-state index in [9.17, 15) is 4.79 Å². The van der Waals surface area contributed by atoms with Gasteiger partial charge in [-0.05, 0) is 71.6 Å². The Labute approximate surface area is 132 Å². The van der Waals surface area contributed by atoms with E-state index in [1.165, 1.54) is 19.3 Å². The average Bonchev–Trinajstić information content (AvgIpc) is 2.41. The fraction of sp³-hybridized carbons (Fsp3) is 0.588. The number of likely N-dealkylation sites (N-methyl/N-ethyl adjacent to an activating group) is 2. The summed E-state index contributed by atoms with van der Waals surface area (Å²) >= 11 is 5.88. The lowest BCUT2D eigenvalue weighted by Gasteiger charge is -2.50. The lowest BCUT2D eigenvalue weighted by molar-refractivity contribution is 0.0187. The number of hydrogen-bond acceptors (Lipinski definition) is 3. The number of benzene rings is 1. The fourth-order valence-corrected chi connectivity index (χ4v) is 3.11. The van der Waals surface area contributed by atoms with Crippen molar-refractivity contribution in [2.75, 3.05) is 27.7 Å². The van der Waals surface area contributed by atoms with Crippen molar-refractivity contribution in [1.29, 1.82) is 0 Å². The van der Waals surface area contributed by atoms with Crippen molar-refractivity contribution in [3.05, 3.63) is 34.9 Å². The zero-order valence-electron chi connectivity index (χ0n) is 13.4. The Morgan fingerprint density at radius 3 is 2.24 bits per heavy atom. The zero-order valence-corrected chi connectivity index (χ0v) is 14.2. The van der Waals surface area contributed by atoms with Gasteiger partial charge in [-0.1, -0.05) is 11.6 Å². The van der Waals surface area contributed by atoms with E-state index in [-0.39, 0.29) is 17.4 Å². The monoisotopic (exact) mass is 308 g/mol. The lowest BCUT2D eigenvalue weighted by atomic mass is 9.75. The van der Waals surface area contributed by atoms with Crippen LogP contribution < -0.4 is 0 Å². The molecule has 1 aliphatic rings. The predicted octanol–water partition coefficient (Wildman–Crippen LogP) is 3.33. The van der Waals surface area contributed by atoms with E-state index in [4.69, 9.17) is 11.6 Å². The first-order chi connectivity index (χ1) is 9.85. The number of rotatable bonds is 6. The van der Waals surface area contributed by atoms with Crippen LogP contribution in [0, 0.1) is 0 Å². The molecule has 0 saturated heterocycles. The second kappa shape index (κ2) is 6.47. The topological polar surface area (TPSA) is 23.6 Å². The summed E-state index contributed by atoms with van der Waals surface area (Å²) in [4.78, 5) is 17.0. The Balaban J connectivity index is 2.03. The molecule has 1 aromatic carbocycles. The van der Waals surface area contributed by atoms with Crippen molar-refractivity contribution in [1.82, 2.24) is 9.80 Å². The minimum atomic E-state index is -0.122. The number of hydrogen-bond donors (Lipinski definition) is 0. The van der Waals surface area contributed by atoms with Gasteiger partial charge in [0.05, 0.1) is 6.04 Å². The van der Waals surface area contributed by atoms with Gasteiger partial charge in [0.25, 0.3) is 0 Å². The first kappa shape index (κ1) is 16.5. The van der Waals surface area contributed by atoms with Crippen molar-refractivity contribution in [2.45, 2.75) is 37.8 Å². The minimum absolute atomic E-state index is 0.122. The van der Waals surface area contributed by atoms with Gasteiger partial charge in [-0.25, -0.2) is 0 Å². The highest BCUT2D eigenvalue weighted by Crippen LogP contribution is 2.37. The Bertz CT molecular complexity index is 494. The Hall–Kier alpha value is -0.900. The van der Waals surface area contributed by atoms with E-state index < -0.39 is 0 Å². The van der Waals surface area contributed by atoms with Gasteiger partial charge < -0.3 is 4.90 Å². The van der Waals surface area contributed by atoms with Crippen LogP contribution >= 0.6 is 11.6 Å². The van der Waals surface area contributed by atoms with Gasteiger partial charge in [-0.3, -0.25) is 9.69 Å². The van der Waals surface area contributed by atoms with Crippen molar-refractivity contribution < 1.29 is 4.79 Å². The number of carbonyl (C=O) groups is 1. The molecule has 116 valence electrons. The smallest absolute Gasteiger partial charge is 0.179 e. The normalized spacial score (nSPS) is 18.6. The molecule has 0 heterocycles. The SMILES string of the molecule is CC(C(=O)c1ccc(Cl)cc1)N(C)CC1(N(C)C)CCC1. The molecule has 21 heavy (non-hydrogen) atoms. The molecular weight excluding hydrogens is 284 g/mol. The summed E-state index contributed by atoms with van der Waals surface area (Å²) in [6, 6.07) is 7.03. The van der Waals surface area contributed by atoms with E-state index in [1.807, 2.05) is 14.0 Å². The van der Waals surface area contributed by atoms with E-state index in [1.54, 1.807) is 24.3 Å². The van der Waals surface area contributed by atoms with Crippen LogP contribution in [0.25, 0.3) is 0 Å². The van der Waals surface area contributed by atoms with Crippen LogP contribution in [0.3, 0.4) is 0 Å². The molecule has 0 spiro atoms. The Morgan fingerprint density at radius 2 is 1.81 bits per heavy atom. The second-order valence-electron chi connectivity index (χ2n) is 6.43. The van der Waals surface area contributed by atoms with E-state index in [0.717, 1.165) is 12.1 Å². The maximum atomic E-state index is 12.6. The maximum absolute atomic E-state index is 12.6. The Kier molecular flexibility index (Phi) is 5.07. The van der Waals surface area contributed by atoms with Crippen LogP contribution in [0.1, 0.15) is 36.5 Å². The van der Waals surface area contributed by atoms with E-state index in [0.29, 0.717) is 5.02 Å². The van der Waals surface area contributed by atoms with E-state index in [2.05, 4.69) is 23.9 Å². The molecular formula is C17H25ClN2O. The van der Waals surface area contributed by atoms with Crippen molar-refractivity contribution >= 4 is 17.4 Å². The van der Waals surface area contributed by atoms with Crippen LogP contribution in [-0.4, -0.2) is 54.9 Å². The molecule has 1 aliphatic carbocycles. The van der Waals surface area contributed by atoms with Gasteiger partial charge >= 0.3 is 0 Å². The molecule has 0 aromatic heterocycles. The first-order valence-corrected chi connectivity index (χ1v) is 7.91. The highest BCUT2D eigenvalue weighted by atomic mass is 35.5. The number of halogens is 1. The zero-order chi connectivity index (χ0) is 15.6. The van der Waals surface area contributed by atoms with Gasteiger partial charge in [0.1, 0.15) is 0 Å². The predicted molar refractivity (Wildman–Crippen MR) is 88.1 cm³/mol. The summed E-state index contributed by atoms with van der Waals surface area (Å²) in [5, 5.41) is 0.661. The molecule has 2 rings (SSSR count). The third-order valence-electron chi connectivity index (χ3n) is 4.95. The van der Waals surface area contributed by atoms with Gasteiger partial charge in [0.2, 0.25) is 0 Å². The van der Waals surface area contributed by atoms with E-state index >= 15 is 0 Å². The molecule has 1 fully saturated rings. The quantitative estimate of drug-likeness (QED) is 0.753. The van der Waals surface area contributed by atoms with Crippen LogP contribution in [0.2, 0.25) is 5.02 Å². The molecule has 1 saturated carbocycles. The summed E-state index contributed by atoms with van der Waals surface area (Å²) in [5.74, 6) is 0.155. The summed E-state index contributed by atoms with van der Waals surface area (Å²) in [6.07, 6.45) is 3.71. The standard InChI is InChI=1S/C17H25ClN2O/c1-13(16(21)14-6-8-15(18)9-7-14)20(4)12-17(19(2)3)10-5-11-17/h6-9,13H,5,10-12H2,1-4H3. The van der Waals surface area contributed by atoms with Gasteiger partial charge in [0, 0.05) is 22.7 Å². The molecule has 1 unspecified atom stereocenters. The molecule has 4 heteroatoms. The average molecular weight is 309 g/mol. The minimum Gasteiger partial charge on any atom is -0.302 e. The van der Waals surface area contributed by atoms with Crippen LogP contribution in [0.15, 0.2) is 24.3 Å². The third kappa shape index (κ3) is 3.47. The number of ketones is 1. The Morgan fingerprint density at radius 1 is 1.24 bits per heavy atom. The van der Waals surface area contributed by atoms with Crippen molar-refractivity contribution in [3.8, 4) is 0 Å². The largest absolute Gasteiger partial charge is 0.302 e. The summed E-state index contributed by atoms with van der Waals surface area (Å²) < 4.78 is 0. The molecule has 0 aliphatic heterocycles. The first-order valence-electron chi connectivity index (χ1n) is 7.53. The molecule has 0 radical (unpaired) electrons. The summed E-state index contributed by atoms with van der Waals surface area (Å²) in [6.45, 7) is 2.92. The third-order valence-corrected chi connectivity index (χ3v) is 5.20. The van der Waals surface area contributed by atoms with Crippen LogP contribution in [0.5, 0.6) is 0 Å². The summed E-state index contributed by atoms with van der Waals surface area (Å²) in [5.41, 5.74) is 0.967.